The maximum absolute atomic E-state index is 12.3. The van der Waals surface area contributed by atoms with E-state index in [4.69, 9.17) is 0 Å². The van der Waals surface area contributed by atoms with E-state index in [1.165, 1.54) is 38.5 Å². The lowest BCUT2D eigenvalue weighted by molar-refractivity contribution is -0.228. The third-order valence-electron chi connectivity index (χ3n) is 4.67. The Balaban J connectivity index is 1.85. The van der Waals surface area contributed by atoms with Crippen LogP contribution in [0, 0.1) is 17.8 Å². The van der Waals surface area contributed by atoms with E-state index >= 15 is 0 Å². The van der Waals surface area contributed by atoms with Crippen LogP contribution < -0.4 is 0 Å². The largest absolute Gasteiger partial charge is 0.229 e. The third kappa shape index (κ3) is 0.693. The molecule has 4 atom stereocenters. The molecule has 0 spiro atoms. The summed E-state index contributed by atoms with van der Waals surface area (Å²) < 4.78 is 0. The van der Waals surface area contributed by atoms with E-state index in [0.717, 1.165) is 12.3 Å². The van der Waals surface area contributed by atoms with E-state index in [2.05, 4.69) is 0 Å². The van der Waals surface area contributed by atoms with Crippen molar-refractivity contribution >= 4 is 0 Å². The first-order valence-electron chi connectivity index (χ1n) is 5.53. The maximum atomic E-state index is 12.3. The lowest BCUT2D eigenvalue weighted by Crippen LogP contribution is -2.59. The summed E-state index contributed by atoms with van der Waals surface area (Å²) in [7, 11) is 0. The van der Waals surface area contributed by atoms with Crippen molar-refractivity contribution in [3.05, 3.63) is 0 Å². The average Bonchev–Trinajstić information content (AvgIpc) is 2.43. The minimum Gasteiger partial charge on any atom is -0.229 e. The van der Waals surface area contributed by atoms with Crippen LogP contribution in [0.3, 0.4) is 0 Å². The fourth-order valence-electron chi connectivity index (χ4n) is 4.19. The molecule has 1 radical (unpaired) electrons. The van der Waals surface area contributed by atoms with Crippen LogP contribution in [0.4, 0.5) is 0 Å². The van der Waals surface area contributed by atoms with E-state index in [1.807, 2.05) is 0 Å². The molecule has 3 saturated carbocycles. The fraction of sp³-hybridized carbons (Fsp3) is 1.00. The van der Waals surface area contributed by atoms with Gasteiger partial charge in [0, 0.05) is 0 Å². The quantitative estimate of drug-likeness (QED) is 0.526. The van der Waals surface area contributed by atoms with Gasteiger partial charge in [-0.1, -0.05) is 19.3 Å². The van der Waals surface area contributed by atoms with Crippen LogP contribution in [0.1, 0.15) is 44.9 Å². The van der Waals surface area contributed by atoms with Gasteiger partial charge in [-0.3, -0.25) is 0 Å². The molecule has 0 heterocycles. The fourth-order valence-corrected chi connectivity index (χ4v) is 4.19. The van der Waals surface area contributed by atoms with Crippen LogP contribution in [-0.4, -0.2) is 5.60 Å². The molecule has 0 aromatic heterocycles. The predicted molar refractivity (Wildman–Crippen MR) is 46.2 cm³/mol. The molecule has 0 N–H and O–H groups in total. The van der Waals surface area contributed by atoms with Gasteiger partial charge in [-0.05, 0) is 43.4 Å². The molecule has 1 nitrogen and oxygen atoms in total. The summed E-state index contributed by atoms with van der Waals surface area (Å²) in [6.07, 6.45) is 8.83. The Hall–Kier alpha value is -0.0400. The molecule has 0 aliphatic heterocycles. The predicted octanol–water partition coefficient (Wildman–Crippen LogP) is 2.78. The van der Waals surface area contributed by atoms with Crippen LogP contribution in [0.15, 0.2) is 0 Å². The Morgan fingerprint density at radius 1 is 0.917 bits per heavy atom. The van der Waals surface area contributed by atoms with E-state index in [0.29, 0.717) is 11.8 Å². The van der Waals surface area contributed by atoms with Crippen molar-refractivity contribution in [3.63, 3.8) is 0 Å². The zero-order valence-corrected chi connectivity index (χ0v) is 7.59. The van der Waals surface area contributed by atoms with Gasteiger partial charge in [0.05, 0.1) is 0 Å². The standard InChI is InChI=1S/C11H17O/c12-11-7-3-6-10(11)8-4-1-2-5-9(8)11/h8-10H,1-7H2. The molecule has 3 aliphatic rings. The normalized spacial score (nSPS) is 57.2. The number of fused-ring (bicyclic) bond motifs is 4. The maximum Gasteiger partial charge on any atom is 0.110 e. The highest BCUT2D eigenvalue weighted by Crippen LogP contribution is 2.63. The molecule has 3 rings (SSSR count). The summed E-state index contributed by atoms with van der Waals surface area (Å²) in [5, 5.41) is 12.3. The van der Waals surface area contributed by atoms with Crippen molar-refractivity contribution in [2.45, 2.75) is 50.5 Å². The molecular weight excluding hydrogens is 148 g/mol. The van der Waals surface area contributed by atoms with Crippen LogP contribution in [0.5, 0.6) is 0 Å². The van der Waals surface area contributed by atoms with Gasteiger partial charge in [-0.15, -0.1) is 0 Å². The Morgan fingerprint density at radius 3 is 2.42 bits per heavy atom. The molecular formula is C11H17O. The second kappa shape index (κ2) is 2.25. The highest BCUT2D eigenvalue weighted by atomic mass is 16.3. The van der Waals surface area contributed by atoms with Crippen molar-refractivity contribution in [1.82, 2.24) is 0 Å². The summed E-state index contributed by atoms with van der Waals surface area (Å²) in [4.78, 5) is 0. The van der Waals surface area contributed by atoms with Crippen LogP contribution in [-0.2, 0) is 5.11 Å². The van der Waals surface area contributed by atoms with Gasteiger partial charge in [0.1, 0.15) is 5.60 Å². The van der Waals surface area contributed by atoms with Gasteiger partial charge >= 0.3 is 0 Å². The zero-order valence-electron chi connectivity index (χ0n) is 7.59. The lowest BCUT2D eigenvalue weighted by Gasteiger charge is -2.56. The molecule has 3 aliphatic carbocycles. The highest BCUT2D eigenvalue weighted by Gasteiger charge is 2.63. The highest BCUT2D eigenvalue weighted by molar-refractivity contribution is 5.12. The van der Waals surface area contributed by atoms with Gasteiger partial charge in [0.25, 0.3) is 0 Å². The zero-order chi connectivity index (χ0) is 8.18. The van der Waals surface area contributed by atoms with Gasteiger partial charge < -0.3 is 0 Å². The molecule has 67 valence electrons. The number of hydrogen-bond acceptors (Lipinski definition) is 0. The molecule has 4 unspecified atom stereocenters. The molecule has 0 bridgehead atoms. The Labute approximate surface area is 74.2 Å². The first kappa shape index (κ1) is 7.37. The van der Waals surface area contributed by atoms with Crippen molar-refractivity contribution in [3.8, 4) is 0 Å². The first-order valence-corrected chi connectivity index (χ1v) is 5.53. The van der Waals surface area contributed by atoms with Crippen LogP contribution >= 0.6 is 0 Å². The summed E-state index contributed by atoms with van der Waals surface area (Å²) in [6.45, 7) is 0. The van der Waals surface area contributed by atoms with Gasteiger partial charge in [0.15, 0.2) is 0 Å². The Bertz CT molecular complexity index is 201. The molecule has 12 heavy (non-hydrogen) atoms. The second-order valence-corrected chi connectivity index (χ2v) is 5.01. The van der Waals surface area contributed by atoms with Crippen molar-refractivity contribution < 1.29 is 5.11 Å². The van der Waals surface area contributed by atoms with Crippen LogP contribution in [0.2, 0.25) is 0 Å². The summed E-state index contributed by atoms with van der Waals surface area (Å²) in [5.74, 6) is 2.06. The summed E-state index contributed by atoms with van der Waals surface area (Å²) in [6, 6.07) is 0. The average molecular weight is 165 g/mol. The molecule has 0 aromatic rings. The second-order valence-electron chi connectivity index (χ2n) is 5.01. The SMILES string of the molecule is [O]C12CCCC1C1CCCCC12. The number of rotatable bonds is 0. The van der Waals surface area contributed by atoms with Gasteiger partial charge in [-0.25, -0.2) is 5.11 Å². The minimum absolute atomic E-state index is 0.426. The number of hydrogen-bond donors (Lipinski definition) is 0. The minimum atomic E-state index is -0.426. The van der Waals surface area contributed by atoms with Gasteiger partial charge in [0.2, 0.25) is 0 Å². The van der Waals surface area contributed by atoms with E-state index in [-0.39, 0.29) is 0 Å². The topological polar surface area (TPSA) is 19.9 Å². The van der Waals surface area contributed by atoms with Gasteiger partial charge in [-0.2, -0.15) is 0 Å². The molecule has 0 saturated heterocycles. The smallest absolute Gasteiger partial charge is 0.110 e. The Morgan fingerprint density at radius 2 is 1.58 bits per heavy atom. The van der Waals surface area contributed by atoms with Crippen molar-refractivity contribution in [2.24, 2.45) is 17.8 Å². The molecule has 3 fully saturated rings. The Kier molecular flexibility index (Phi) is 1.39. The van der Waals surface area contributed by atoms with Crippen molar-refractivity contribution in [1.29, 1.82) is 0 Å². The first-order chi connectivity index (χ1) is 5.82. The molecule has 0 amide bonds. The van der Waals surface area contributed by atoms with E-state index < -0.39 is 5.60 Å². The van der Waals surface area contributed by atoms with Crippen molar-refractivity contribution in [2.75, 3.05) is 0 Å². The monoisotopic (exact) mass is 165 g/mol. The third-order valence-corrected chi connectivity index (χ3v) is 4.67. The summed E-state index contributed by atoms with van der Waals surface area (Å²) >= 11 is 0. The van der Waals surface area contributed by atoms with E-state index in [1.54, 1.807) is 0 Å². The lowest BCUT2D eigenvalue weighted by atomic mass is 9.50. The van der Waals surface area contributed by atoms with E-state index in [9.17, 15) is 5.11 Å². The van der Waals surface area contributed by atoms with Crippen LogP contribution in [0.25, 0.3) is 0 Å². The molecule has 1 heteroatoms. The summed E-state index contributed by atoms with van der Waals surface area (Å²) in [5.41, 5.74) is -0.426. The molecule has 0 aromatic carbocycles.